The summed E-state index contributed by atoms with van der Waals surface area (Å²) in [4.78, 5) is 0. The molecule has 4 heteroatoms. The van der Waals surface area contributed by atoms with E-state index in [-0.39, 0.29) is 0 Å². The van der Waals surface area contributed by atoms with Gasteiger partial charge < -0.3 is 20.5 Å². The van der Waals surface area contributed by atoms with Crippen LogP contribution in [0.2, 0.25) is 0 Å². The summed E-state index contributed by atoms with van der Waals surface area (Å²) in [7, 11) is 1.59. The molecule has 0 aliphatic heterocycles. The fourth-order valence-corrected chi connectivity index (χ4v) is 1.12. The molecule has 3 N–H and O–H groups in total. The van der Waals surface area contributed by atoms with Crippen molar-refractivity contribution in [2.75, 3.05) is 39.9 Å². The van der Waals surface area contributed by atoms with Crippen LogP contribution in [-0.2, 0) is 4.74 Å². The highest BCUT2D eigenvalue weighted by atomic mass is 16.5. The number of rotatable bonds is 10. The Hall–Kier alpha value is -0.160. The van der Waals surface area contributed by atoms with E-state index in [0.717, 1.165) is 19.6 Å². The third-order valence-electron chi connectivity index (χ3n) is 1.92. The molecule has 1 atom stereocenters. The predicted octanol–water partition coefficient (Wildman–Crippen LogP) is -0.0270. The second-order valence-electron chi connectivity index (χ2n) is 3.42. The summed E-state index contributed by atoms with van der Waals surface area (Å²) in [5, 5.41) is 15.8. The van der Waals surface area contributed by atoms with E-state index < -0.39 is 6.10 Å². The number of nitrogens with one attached hydrogen (secondary N) is 2. The monoisotopic (exact) mass is 204 g/mol. The lowest BCUT2D eigenvalue weighted by Gasteiger charge is -2.10. The molecule has 0 saturated carbocycles. The number of ether oxygens (including phenoxy) is 1. The van der Waals surface area contributed by atoms with Gasteiger partial charge in [-0.1, -0.05) is 13.3 Å². The quantitative estimate of drug-likeness (QED) is 0.438. The van der Waals surface area contributed by atoms with Crippen molar-refractivity contribution in [2.45, 2.75) is 25.9 Å². The minimum Gasteiger partial charge on any atom is -0.389 e. The fourth-order valence-electron chi connectivity index (χ4n) is 1.12. The molecule has 0 aromatic heterocycles. The van der Waals surface area contributed by atoms with Gasteiger partial charge in [0.25, 0.3) is 0 Å². The molecule has 0 saturated heterocycles. The highest BCUT2D eigenvalue weighted by Crippen LogP contribution is 1.82. The molecule has 0 fully saturated rings. The van der Waals surface area contributed by atoms with Crippen LogP contribution in [-0.4, -0.2) is 51.1 Å². The van der Waals surface area contributed by atoms with Gasteiger partial charge in [-0.3, -0.25) is 0 Å². The molecular formula is C10H24N2O2. The zero-order valence-corrected chi connectivity index (χ0v) is 9.38. The number of hydrogen-bond acceptors (Lipinski definition) is 4. The van der Waals surface area contributed by atoms with E-state index >= 15 is 0 Å². The van der Waals surface area contributed by atoms with E-state index in [4.69, 9.17) is 4.74 Å². The van der Waals surface area contributed by atoms with Crippen LogP contribution in [0.5, 0.6) is 0 Å². The van der Waals surface area contributed by atoms with Gasteiger partial charge in [0.2, 0.25) is 0 Å². The van der Waals surface area contributed by atoms with E-state index in [1.807, 2.05) is 0 Å². The van der Waals surface area contributed by atoms with Gasteiger partial charge in [-0.15, -0.1) is 0 Å². The SMILES string of the molecule is CCCCNCCNCC(O)COC. The summed E-state index contributed by atoms with van der Waals surface area (Å²) in [5.74, 6) is 0. The highest BCUT2D eigenvalue weighted by molar-refractivity contribution is 4.59. The first-order valence-corrected chi connectivity index (χ1v) is 5.39. The summed E-state index contributed by atoms with van der Waals surface area (Å²) in [5.41, 5.74) is 0. The molecule has 0 radical (unpaired) electrons. The van der Waals surface area contributed by atoms with E-state index in [2.05, 4.69) is 17.6 Å². The average molecular weight is 204 g/mol. The standard InChI is InChI=1S/C10H24N2O2/c1-3-4-5-11-6-7-12-8-10(13)9-14-2/h10-13H,3-9H2,1-2H3. The van der Waals surface area contributed by atoms with Crippen LogP contribution < -0.4 is 10.6 Å². The predicted molar refractivity (Wildman–Crippen MR) is 58.5 cm³/mol. The second kappa shape index (κ2) is 10.9. The van der Waals surface area contributed by atoms with Gasteiger partial charge in [0, 0.05) is 26.7 Å². The Kier molecular flexibility index (Phi) is 10.8. The van der Waals surface area contributed by atoms with Crippen molar-refractivity contribution in [1.29, 1.82) is 0 Å². The lowest BCUT2D eigenvalue weighted by atomic mass is 10.3. The number of aliphatic hydroxyl groups is 1. The third-order valence-corrected chi connectivity index (χ3v) is 1.92. The Morgan fingerprint density at radius 1 is 1.21 bits per heavy atom. The molecule has 0 aliphatic carbocycles. The fraction of sp³-hybridized carbons (Fsp3) is 1.00. The van der Waals surface area contributed by atoms with Crippen LogP contribution >= 0.6 is 0 Å². The Morgan fingerprint density at radius 2 is 1.93 bits per heavy atom. The van der Waals surface area contributed by atoms with Crippen molar-refractivity contribution < 1.29 is 9.84 Å². The summed E-state index contributed by atoms with van der Waals surface area (Å²) in [6, 6.07) is 0. The summed E-state index contributed by atoms with van der Waals surface area (Å²) in [6.07, 6.45) is 2.06. The van der Waals surface area contributed by atoms with Crippen molar-refractivity contribution in [3.63, 3.8) is 0 Å². The minimum atomic E-state index is -0.393. The molecule has 0 bridgehead atoms. The molecule has 0 amide bonds. The minimum absolute atomic E-state index is 0.393. The first-order valence-electron chi connectivity index (χ1n) is 5.39. The van der Waals surface area contributed by atoms with Crippen LogP contribution in [0.3, 0.4) is 0 Å². The maximum atomic E-state index is 9.28. The van der Waals surface area contributed by atoms with Crippen LogP contribution in [0.1, 0.15) is 19.8 Å². The number of unbranched alkanes of at least 4 members (excludes halogenated alkanes) is 1. The number of methoxy groups -OCH3 is 1. The second-order valence-corrected chi connectivity index (χ2v) is 3.42. The van der Waals surface area contributed by atoms with E-state index in [0.29, 0.717) is 13.2 Å². The summed E-state index contributed by atoms with van der Waals surface area (Å²) < 4.78 is 4.81. The lowest BCUT2D eigenvalue weighted by Crippen LogP contribution is -2.34. The number of aliphatic hydroxyl groups excluding tert-OH is 1. The summed E-state index contributed by atoms with van der Waals surface area (Å²) >= 11 is 0. The van der Waals surface area contributed by atoms with Crippen molar-refractivity contribution in [3.8, 4) is 0 Å². The Labute approximate surface area is 87.0 Å². The Morgan fingerprint density at radius 3 is 2.57 bits per heavy atom. The van der Waals surface area contributed by atoms with Crippen molar-refractivity contribution in [2.24, 2.45) is 0 Å². The molecule has 86 valence electrons. The average Bonchev–Trinajstić information content (AvgIpc) is 2.17. The zero-order chi connectivity index (χ0) is 10.6. The van der Waals surface area contributed by atoms with Gasteiger partial charge in [-0.25, -0.2) is 0 Å². The molecule has 1 unspecified atom stereocenters. The molecule has 0 aromatic rings. The largest absolute Gasteiger partial charge is 0.389 e. The first-order chi connectivity index (χ1) is 6.81. The van der Waals surface area contributed by atoms with Crippen molar-refractivity contribution in [1.82, 2.24) is 10.6 Å². The molecule has 0 spiro atoms. The molecule has 4 nitrogen and oxygen atoms in total. The lowest BCUT2D eigenvalue weighted by molar-refractivity contribution is 0.0648. The Bertz CT molecular complexity index is 112. The van der Waals surface area contributed by atoms with Gasteiger partial charge in [0.05, 0.1) is 12.7 Å². The van der Waals surface area contributed by atoms with Crippen LogP contribution in [0.25, 0.3) is 0 Å². The van der Waals surface area contributed by atoms with Crippen LogP contribution in [0, 0.1) is 0 Å². The van der Waals surface area contributed by atoms with E-state index in [9.17, 15) is 5.11 Å². The molecule has 0 heterocycles. The smallest absolute Gasteiger partial charge is 0.0897 e. The molecule has 0 rings (SSSR count). The summed E-state index contributed by atoms with van der Waals surface area (Å²) in [6.45, 7) is 6.11. The van der Waals surface area contributed by atoms with Gasteiger partial charge in [0.15, 0.2) is 0 Å². The van der Waals surface area contributed by atoms with Crippen molar-refractivity contribution in [3.05, 3.63) is 0 Å². The van der Waals surface area contributed by atoms with Gasteiger partial charge >= 0.3 is 0 Å². The van der Waals surface area contributed by atoms with Gasteiger partial charge in [-0.2, -0.15) is 0 Å². The highest BCUT2D eigenvalue weighted by Gasteiger charge is 2.00. The van der Waals surface area contributed by atoms with Gasteiger partial charge in [-0.05, 0) is 13.0 Å². The maximum Gasteiger partial charge on any atom is 0.0897 e. The molecule has 14 heavy (non-hydrogen) atoms. The van der Waals surface area contributed by atoms with Crippen LogP contribution in [0.15, 0.2) is 0 Å². The van der Waals surface area contributed by atoms with E-state index in [1.54, 1.807) is 7.11 Å². The van der Waals surface area contributed by atoms with Crippen molar-refractivity contribution >= 4 is 0 Å². The zero-order valence-electron chi connectivity index (χ0n) is 9.38. The molecule has 0 aromatic carbocycles. The molecule has 0 aliphatic rings. The first kappa shape index (κ1) is 13.8. The topological polar surface area (TPSA) is 53.5 Å². The molecular weight excluding hydrogens is 180 g/mol. The van der Waals surface area contributed by atoms with E-state index in [1.165, 1.54) is 12.8 Å². The van der Waals surface area contributed by atoms with Gasteiger partial charge in [0.1, 0.15) is 0 Å². The normalized spacial score (nSPS) is 13.1. The maximum absolute atomic E-state index is 9.28. The Balaban J connectivity index is 2.98. The van der Waals surface area contributed by atoms with Crippen LogP contribution in [0.4, 0.5) is 0 Å². The number of hydrogen-bond donors (Lipinski definition) is 3. The third kappa shape index (κ3) is 9.92.